The molecule has 0 radical (unpaired) electrons. The van der Waals surface area contributed by atoms with Gasteiger partial charge in [-0.05, 0) is 63.7 Å². The number of hydrogen-bond donors (Lipinski definition) is 1. The molecule has 0 amide bonds. The van der Waals surface area contributed by atoms with Gasteiger partial charge in [0, 0.05) is 12.0 Å². The molecule has 2 aromatic rings. The Balaban J connectivity index is 1.84. The molecule has 6 nitrogen and oxygen atoms in total. The van der Waals surface area contributed by atoms with Gasteiger partial charge in [-0.2, -0.15) is 0 Å². The molecule has 2 unspecified atom stereocenters. The lowest BCUT2D eigenvalue weighted by molar-refractivity contribution is -0.132. The number of benzene rings is 2. The van der Waals surface area contributed by atoms with E-state index in [1.54, 1.807) is 12.2 Å². The fourth-order valence-corrected chi connectivity index (χ4v) is 5.06. The Kier molecular flexibility index (Phi) is 12.3. The maximum atomic E-state index is 12.9. The Morgan fingerprint density at radius 1 is 1.05 bits per heavy atom. The summed E-state index contributed by atoms with van der Waals surface area (Å²) in [5.41, 5.74) is 1.44. The van der Waals surface area contributed by atoms with Gasteiger partial charge >= 0.3 is 12.1 Å². The van der Waals surface area contributed by atoms with E-state index in [0.717, 1.165) is 52.6 Å². The average Bonchev–Trinajstić information content (AvgIpc) is 2.96. The van der Waals surface area contributed by atoms with Crippen molar-refractivity contribution in [3.05, 3.63) is 76.3 Å². The summed E-state index contributed by atoms with van der Waals surface area (Å²) in [4.78, 5) is 24.5. The molecule has 0 aromatic heterocycles. The van der Waals surface area contributed by atoms with Crippen molar-refractivity contribution in [2.75, 3.05) is 13.2 Å². The minimum absolute atomic E-state index is 0.155. The minimum atomic E-state index is -1.22. The standard InChI is InChI=1S/C33H41BrO6/c1-4-6-7-8-9-12-21-38-32(37)40-33(19-17-25(18-20-33)31(35)36)28-14-11-10-13-27(28)26-15-16-30(29(34)22-26)39-23-24(3)5-2/h10-11,13-19,22,24H,4-9,12,20-21,23H2,1-3H3,(H,35,36). The highest BCUT2D eigenvalue weighted by Gasteiger charge is 2.38. The molecule has 0 saturated heterocycles. The molecular formula is C33H41BrO6. The minimum Gasteiger partial charge on any atom is -0.492 e. The van der Waals surface area contributed by atoms with Crippen molar-refractivity contribution in [1.29, 1.82) is 0 Å². The van der Waals surface area contributed by atoms with Gasteiger partial charge in [0.05, 0.1) is 23.3 Å². The smallest absolute Gasteiger partial charge is 0.492 e. The largest absolute Gasteiger partial charge is 0.509 e. The maximum absolute atomic E-state index is 12.9. The second-order valence-electron chi connectivity index (χ2n) is 10.4. The summed E-state index contributed by atoms with van der Waals surface area (Å²) >= 11 is 3.65. The van der Waals surface area contributed by atoms with E-state index in [1.165, 1.54) is 25.3 Å². The first-order valence-corrected chi connectivity index (χ1v) is 15.1. The molecule has 216 valence electrons. The fraction of sp³-hybridized carbons (Fsp3) is 0.455. The first kappa shape index (κ1) is 31.5. The molecule has 0 heterocycles. The number of halogens is 1. The summed E-state index contributed by atoms with van der Waals surface area (Å²) in [5.74, 6) is 0.185. The van der Waals surface area contributed by atoms with E-state index in [9.17, 15) is 14.7 Å². The number of carboxylic acids is 1. The molecule has 40 heavy (non-hydrogen) atoms. The third kappa shape index (κ3) is 8.72. The summed E-state index contributed by atoms with van der Waals surface area (Å²) in [5, 5.41) is 9.50. The molecule has 0 saturated carbocycles. The van der Waals surface area contributed by atoms with E-state index in [2.05, 4.69) is 36.7 Å². The van der Waals surface area contributed by atoms with Crippen LogP contribution < -0.4 is 4.74 Å². The molecule has 1 aliphatic carbocycles. The van der Waals surface area contributed by atoms with Gasteiger partial charge in [0.25, 0.3) is 0 Å². The summed E-state index contributed by atoms with van der Waals surface area (Å²) in [6.45, 7) is 7.39. The van der Waals surface area contributed by atoms with Crippen molar-refractivity contribution in [1.82, 2.24) is 0 Å². The SMILES string of the molecule is CCCCCCCCOC(=O)OC1(c2ccccc2-c2ccc(OCC(C)CC)c(Br)c2)C=CC(C(=O)O)=CC1. The van der Waals surface area contributed by atoms with E-state index < -0.39 is 17.7 Å². The fourth-order valence-electron chi connectivity index (χ4n) is 4.57. The highest BCUT2D eigenvalue weighted by atomic mass is 79.9. The third-order valence-corrected chi connectivity index (χ3v) is 7.85. The Morgan fingerprint density at radius 2 is 1.80 bits per heavy atom. The number of carbonyl (C=O) groups excluding carboxylic acids is 1. The van der Waals surface area contributed by atoms with E-state index in [0.29, 0.717) is 12.5 Å². The average molecular weight is 614 g/mol. The normalized spacial score (nSPS) is 17.1. The van der Waals surface area contributed by atoms with Gasteiger partial charge < -0.3 is 19.3 Å². The number of carbonyl (C=O) groups is 2. The molecule has 2 atom stereocenters. The van der Waals surface area contributed by atoms with E-state index in [4.69, 9.17) is 14.2 Å². The highest BCUT2D eigenvalue weighted by molar-refractivity contribution is 9.10. The molecule has 2 aromatic carbocycles. The monoisotopic (exact) mass is 612 g/mol. The van der Waals surface area contributed by atoms with Gasteiger partial charge in [-0.3, -0.25) is 0 Å². The summed E-state index contributed by atoms with van der Waals surface area (Å²) in [7, 11) is 0. The zero-order chi connectivity index (χ0) is 29.0. The van der Waals surface area contributed by atoms with Gasteiger partial charge in [-0.15, -0.1) is 0 Å². The molecular weight excluding hydrogens is 572 g/mol. The van der Waals surface area contributed by atoms with Gasteiger partial charge in [-0.1, -0.05) is 95.7 Å². The lowest BCUT2D eigenvalue weighted by atomic mass is 9.81. The van der Waals surface area contributed by atoms with Crippen molar-refractivity contribution < 1.29 is 28.9 Å². The van der Waals surface area contributed by atoms with Gasteiger partial charge in [-0.25, -0.2) is 9.59 Å². The van der Waals surface area contributed by atoms with E-state index in [-0.39, 0.29) is 18.6 Å². The van der Waals surface area contributed by atoms with Gasteiger partial charge in [0.15, 0.2) is 5.60 Å². The van der Waals surface area contributed by atoms with Crippen LogP contribution in [0.4, 0.5) is 4.79 Å². The quantitative estimate of drug-likeness (QED) is 0.159. The van der Waals surface area contributed by atoms with E-state index >= 15 is 0 Å². The number of hydrogen-bond acceptors (Lipinski definition) is 5. The summed E-state index contributed by atoms with van der Waals surface area (Å²) in [6.07, 6.45) is 11.7. The Morgan fingerprint density at radius 3 is 2.48 bits per heavy atom. The number of unbranched alkanes of at least 4 members (excludes halogenated alkanes) is 5. The van der Waals surface area contributed by atoms with Crippen LogP contribution in [0.2, 0.25) is 0 Å². The lowest BCUT2D eigenvalue weighted by Crippen LogP contribution is -2.33. The van der Waals surface area contributed by atoms with Crippen molar-refractivity contribution in [3.8, 4) is 16.9 Å². The molecule has 3 rings (SSSR count). The molecule has 0 fully saturated rings. The van der Waals surface area contributed by atoms with Crippen molar-refractivity contribution in [2.24, 2.45) is 5.92 Å². The van der Waals surface area contributed by atoms with Crippen LogP contribution in [0.1, 0.15) is 77.7 Å². The third-order valence-electron chi connectivity index (χ3n) is 7.23. The number of carboxylic acid groups (broad SMARTS) is 1. The zero-order valence-electron chi connectivity index (χ0n) is 23.8. The first-order valence-electron chi connectivity index (χ1n) is 14.3. The van der Waals surface area contributed by atoms with Crippen LogP contribution in [0, 0.1) is 5.92 Å². The summed E-state index contributed by atoms with van der Waals surface area (Å²) < 4.78 is 18.3. The predicted octanol–water partition coefficient (Wildman–Crippen LogP) is 9.22. The van der Waals surface area contributed by atoms with Crippen LogP contribution in [0.3, 0.4) is 0 Å². The van der Waals surface area contributed by atoms with Crippen LogP contribution in [0.15, 0.2) is 70.7 Å². The molecule has 0 aliphatic heterocycles. The summed E-state index contributed by atoms with van der Waals surface area (Å²) in [6, 6.07) is 13.6. The second kappa shape index (κ2) is 15.7. The number of rotatable bonds is 15. The molecule has 7 heteroatoms. The number of ether oxygens (including phenoxy) is 3. The van der Waals surface area contributed by atoms with Crippen molar-refractivity contribution in [2.45, 2.75) is 77.7 Å². The molecule has 0 spiro atoms. The Hall–Kier alpha value is -3.06. The van der Waals surface area contributed by atoms with E-state index in [1.807, 2.05) is 42.5 Å². The highest BCUT2D eigenvalue weighted by Crippen LogP contribution is 2.42. The van der Waals surface area contributed by atoms with Crippen LogP contribution >= 0.6 is 15.9 Å². The Bertz CT molecular complexity index is 1200. The van der Waals surface area contributed by atoms with Gasteiger partial charge in [0.1, 0.15) is 5.75 Å². The van der Waals surface area contributed by atoms with Gasteiger partial charge in [0.2, 0.25) is 0 Å². The van der Waals surface area contributed by atoms with Crippen LogP contribution in [-0.2, 0) is 19.9 Å². The topological polar surface area (TPSA) is 82.1 Å². The first-order chi connectivity index (χ1) is 19.3. The zero-order valence-corrected chi connectivity index (χ0v) is 25.4. The van der Waals surface area contributed by atoms with Crippen LogP contribution in [-0.4, -0.2) is 30.4 Å². The number of aliphatic carboxylic acids is 1. The van der Waals surface area contributed by atoms with Crippen molar-refractivity contribution >= 4 is 28.1 Å². The molecule has 1 aliphatic rings. The second-order valence-corrected chi connectivity index (χ2v) is 11.2. The van der Waals surface area contributed by atoms with Crippen LogP contribution in [0.5, 0.6) is 5.75 Å². The lowest BCUT2D eigenvalue weighted by Gasteiger charge is -2.33. The van der Waals surface area contributed by atoms with Crippen molar-refractivity contribution in [3.63, 3.8) is 0 Å². The predicted molar refractivity (Wildman–Crippen MR) is 161 cm³/mol. The van der Waals surface area contributed by atoms with Crippen LogP contribution in [0.25, 0.3) is 11.1 Å². The molecule has 1 N–H and O–H groups in total. The maximum Gasteiger partial charge on any atom is 0.509 e. The molecule has 0 bridgehead atoms. The Labute approximate surface area is 246 Å².